The van der Waals surface area contributed by atoms with Crippen LogP contribution in [0.1, 0.15) is 36.5 Å². The standard InChI is InChI=1S/C21H28N4O5S/c1-4-31(27,28)25-11-17(20-22-15(2)23-30-20)21(14-25)12-24(13-21)19(26)10-9-16-7-5-6-8-18(16)29-3/h5-8,17H,4,9-14H2,1-3H3. The number of carbonyl (C=O) groups is 1. The normalized spacial score (nSPS) is 20.7. The molecule has 2 aromatic rings. The number of amides is 1. The van der Waals surface area contributed by atoms with Crippen LogP contribution in [0, 0.1) is 12.3 Å². The summed E-state index contributed by atoms with van der Waals surface area (Å²) in [6.07, 6.45) is 0.965. The molecule has 1 spiro atoms. The zero-order valence-corrected chi connectivity index (χ0v) is 18.9. The largest absolute Gasteiger partial charge is 0.496 e. The summed E-state index contributed by atoms with van der Waals surface area (Å²) in [7, 11) is -1.72. The summed E-state index contributed by atoms with van der Waals surface area (Å²) in [6.45, 7) is 5.02. The number of sulfonamides is 1. The minimum absolute atomic E-state index is 0.0419. The number of hydrogen-bond acceptors (Lipinski definition) is 7. The first-order valence-corrected chi connectivity index (χ1v) is 12.1. The molecule has 2 aliphatic rings. The quantitative estimate of drug-likeness (QED) is 0.633. The van der Waals surface area contributed by atoms with E-state index in [0.717, 1.165) is 11.3 Å². The topological polar surface area (TPSA) is 106 Å². The molecule has 0 aliphatic carbocycles. The smallest absolute Gasteiger partial charge is 0.231 e. The Balaban J connectivity index is 1.45. The van der Waals surface area contributed by atoms with Crippen LogP contribution in [-0.2, 0) is 21.2 Å². The Bertz CT molecular complexity index is 1060. The number of rotatable bonds is 7. The van der Waals surface area contributed by atoms with Crippen LogP contribution >= 0.6 is 0 Å². The molecule has 0 radical (unpaired) electrons. The number of methoxy groups -OCH3 is 1. The van der Waals surface area contributed by atoms with Gasteiger partial charge < -0.3 is 14.2 Å². The highest BCUT2D eigenvalue weighted by Crippen LogP contribution is 2.49. The number of nitrogens with zero attached hydrogens (tertiary/aromatic N) is 4. The molecule has 168 valence electrons. The van der Waals surface area contributed by atoms with Gasteiger partial charge in [0.25, 0.3) is 0 Å². The summed E-state index contributed by atoms with van der Waals surface area (Å²) in [4.78, 5) is 19.0. The fourth-order valence-corrected chi connectivity index (χ4v) is 5.83. The summed E-state index contributed by atoms with van der Waals surface area (Å²) >= 11 is 0. The molecule has 0 bridgehead atoms. The summed E-state index contributed by atoms with van der Waals surface area (Å²) in [5.41, 5.74) is 0.607. The highest BCUT2D eigenvalue weighted by molar-refractivity contribution is 7.89. The average molecular weight is 449 g/mol. The van der Waals surface area contributed by atoms with Crippen LogP contribution in [0.5, 0.6) is 5.75 Å². The number of hydrogen-bond donors (Lipinski definition) is 0. The molecule has 2 fully saturated rings. The number of benzene rings is 1. The van der Waals surface area contributed by atoms with E-state index in [4.69, 9.17) is 9.26 Å². The predicted octanol–water partition coefficient (Wildman–Crippen LogP) is 1.60. The molecule has 1 aromatic carbocycles. The van der Waals surface area contributed by atoms with Crippen molar-refractivity contribution in [3.8, 4) is 5.75 Å². The van der Waals surface area contributed by atoms with Gasteiger partial charge in [0, 0.05) is 38.0 Å². The Morgan fingerprint density at radius 1 is 1.29 bits per heavy atom. The minimum atomic E-state index is -3.34. The molecule has 1 amide bonds. The van der Waals surface area contributed by atoms with Crippen LogP contribution in [0.15, 0.2) is 28.8 Å². The van der Waals surface area contributed by atoms with E-state index < -0.39 is 10.0 Å². The third-order valence-corrected chi connectivity index (χ3v) is 8.18. The summed E-state index contributed by atoms with van der Waals surface area (Å²) in [5, 5.41) is 3.88. The summed E-state index contributed by atoms with van der Waals surface area (Å²) in [6, 6.07) is 7.68. The monoisotopic (exact) mass is 448 g/mol. The maximum absolute atomic E-state index is 12.8. The maximum atomic E-state index is 12.8. The first-order chi connectivity index (χ1) is 14.8. The maximum Gasteiger partial charge on any atom is 0.231 e. The van der Waals surface area contributed by atoms with Crippen LogP contribution < -0.4 is 4.74 Å². The predicted molar refractivity (Wildman–Crippen MR) is 113 cm³/mol. The summed E-state index contributed by atoms with van der Waals surface area (Å²) < 4.78 is 37.3. The molecule has 0 saturated carbocycles. The Morgan fingerprint density at radius 3 is 2.68 bits per heavy atom. The lowest BCUT2D eigenvalue weighted by Crippen LogP contribution is -2.61. The summed E-state index contributed by atoms with van der Waals surface area (Å²) in [5.74, 6) is 1.62. The number of para-hydroxylation sites is 1. The number of ether oxygens (including phenoxy) is 1. The Morgan fingerprint density at radius 2 is 2.03 bits per heavy atom. The highest BCUT2D eigenvalue weighted by atomic mass is 32.2. The van der Waals surface area contributed by atoms with Crippen molar-refractivity contribution in [1.82, 2.24) is 19.3 Å². The van der Waals surface area contributed by atoms with Gasteiger partial charge in [-0.3, -0.25) is 4.79 Å². The Kier molecular flexibility index (Phi) is 5.78. The van der Waals surface area contributed by atoms with Crippen molar-refractivity contribution in [2.75, 3.05) is 39.0 Å². The molecule has 9 nitrogen and oxygen atoms in total. The van der Waals surface area contributed by atoms with Crippen molar-refractivity contribution in [3.05, 3.63) is 41.5 Å². The lowest BCUT2D eigenvalue weighted by molar-refractivity contribution is -0.143. The lowest BCUT2D eigenvalue weighted by Gasteiger charge is -2.50. The number of carbonyl (C=O) groups excluding carboxylic acids is 1. The van der Waals surface area contributed by atoms with Crippen LogP contribution in [-0.4, -0.2) is 72.7 Å². The first-order valence-electron chi connectivity index (χ1n) is 10.5. The molecule has 2 aliphatic heterocycles. The SMILES string of the molecule is CCS(=O)(=O)N1CC(c2nc(C)no2)C2(CN(C(=O)CCc3ccccc3OC)C2)C1. The molecular formula is C21H28N4O5S. The van der Waals surface area contributed by atoms with E-state index in [0.29, 0.717) is 50.7 Å². The van der Waals surface area contributed by atoms with E-state index in [1.807, 2.05) is 24.3 Å². The molecule has 3 heterocycles. The van der Waals surface area contributed by atoms with E-state index >= 15 is 0 Å². The van der Waals surface area contributed by atoms with Gasteiger partial charge in [0.1, 0.15) is 5.75 Å². The van der Waals surface area contributed by atoms with Crippen molar-refractivity contribution in [1.29, 1.82) is 0 Å². The Labute approximate surface area is 182 Å². The highest BCUT2D eigenvalue weighted by Gasteiger charge is 2.59. The van der Waals surface area contributed by atoms with E-state index in [1.54, 1.807) is 25.9 Å². The van der Waals surface area contributed by atoms with Gasteiger partial charge in [-0.1, -0.05) is 23.4 Å². The van der Waals surface area contributed by atoms with Gasteiger partial charge in [0.2, 0.25) is 21.8 Å². The van der Waals surface area contributed by atoms with Crippen LogP contribution in [0.25, 0.3) is 0 Å². The number of likely N-dealkylation sites (tertiary alicyclic amines) is 1. The van der Waals surface area contributed by atoms with Crippen LogP contribution in [0.4, 0.5) is 0 Å². The van der Waals surface area contributed by atoms with Crippen molar-refractivity contribution in [2.45, 2.75) is 32.6 Å². The van der Waals surface area contributed by atoms with Crippen molar-refractivity contribution >= 4 is 15.9 Å². The molecule has 4 rings (SSSR count). The minimum Gasteiger partial charge on any atom is -0.496 e. The van der Waals surface area contributed by atoms with Gasteiger partial charge in [0.15, 0.2) is 5.82 Å². The number of aromatic nitrogens is 2. The molecule has 0 N–H and O–H groups in total. The van der Waals surface area contributed by atoms with E-state index in [2.05, 4.69) is 10.1 Å². The lowest BCUT2D eigenvalue weighted by atomic mass is 9.71. The molecule has 10 heteroatoms. The first kappa shape index (κ1) is 21.8. The second kappa shape index (κ2) is 8.23. The van der Waals surface area contributed by atoms with Crippen LogP contribution in [0.3, 0.4) is 0 Å². The molecule has 31 heavy (non-hydrogen) atoms. The van der Waals surface area contributed by atoms with E-state index in [-0.39, 0.29) is 23.0 Å². The van der Waals surface area contributed by atoms with E-state index in [9.17, 15) is 13.2 Å². The van der Waals surface area contributed by atoms with Gasteiger partial charge in [-0.15, -0.1) is 0 Å². The fourth-order valence-electron chi connectivity index (χ4n) is 4.63. The van der Waals surface area contributed by atoms with Gasteiger partial charge in [-0.25, -0.2) is 12.7 Å². The molecule has 1 aromatic heterocycles. The second-order valence-corrected chi connectivity index (χ2v) is 10.6. The van der Waals surface area contributed by atoms with Gasteiger partial charge in [-0.05, 0) is 31.9 Å². The molecule has 1 atom stereocenters. The van der Waals surface area contributed by atoms with Gasteiger partial charge >= 0.3 is 0 Å². The average Bonchev–Trinajstić information content (AvgIpc) is 3.35. The third-order valence-electron chi connectivity index (χ3n) is 6.38. The second-order valence-electron chi connectivity index (χ2n) is 8.35. The zero-order valence-electron chi connectivity index (χ0n) is 18.1. The third kappa shape index (κ3) is 4.06. The van der Waals surface area contributed by atoms with Crippen molar-refractivity contribution < 1.29 is 22.5 Å². The van der Waals surface area contributed by atoms with Crippen molar-refractivity contribution in [3.63, 3.8) is 0 Å². The fraction of sp³-hybridized carbons (Fsp3) is 0.571. The number of aryl methyl sites for hydroxylation is 2. The van der Waals surface area contributed by atoms with Gasteiger partial charge in [0.05, 0.1) is 18.8 Å². The van der Waals surface area contributed by atoms with Crippen LogP contribution in [0.2, 0.25) is 0 Å². The van der Waals surface area contributed by atoms with Crippen molar-refractivity contribution in [2.24, 2.45) is 5.41 Å². The molecule has 1 unspecified atom stereocenters. The molecular weight excluding hydrogens is 420 g/mol. The Hall–Kier alpha value is -2.46. The molecule has 2 saturated heterocycles. The van der Waals surface area contributed by atoms with E-state index in [1.165, 1.54) is 4.31 Å². The zero-order chi connectivity index (χ0) is 22.2. The van der Waals surface area contributed by atoms with Gasteiger partial charge in [-0.2, -0.15) is 4.98 Å².